The van der Waals surface area contributed by atoms with Gasteiger partial charge >= 0.3 is 0 Å². The van der Waals surface area contributed by atoms with Crippen molar-refractivity contribution in [1.29, 1.82) is 0 Å². The Morgan fingerprint density at radius 2 is 1.51 bits per heavy atom. The zero-order valence-corrected chi connectivity index (χ0v) is 24.7. The standard InChI is InChI=1S/C36H43NO6/c38-22-33(39)26-41-24-28-7-9-30-10-8-29(20-32(30)19-28)25-43-36-21-37-16-15-35(36)31-11-13-34(14-12-31)42-18-4-17-40-23-27-5-2-1-3-6-27/h1-3,5-14,19-20,33,35-39H,4,15-18,21-26H2/t33-,35-,36-/m0/s1. The molecule has 7 nitrogen and oxygen atoms in total. The first-order valence-electron chi connectivity index (χ1n) is 15.2. The molecule has 0 bridgehead atoms. The van der Waals surface area contributed by atoms with Crippen molar-refractivity contribution in [3.05, 3.63) is 113 Å². The van der Waals surface area contributed by atoms with E-state index in [2.05, 4.69) is 72.0 Å². The predicted octanol–water partition coefficient (Wildman–Crippen LogP) is 5.36. The highest BCUT2D eigenvalue weighted by Crippen LogP contribution is 2.30. The molecule has 4 aromatic carbocycles. The van der Waals surface area contributed by atoms with Crippen LogP contribution in [0, 0.1) is 0 Å². The number of ether oxygens (including phenoxy) is 4. The normalized spacial score (nSPS) is 17.6. The topological polar surface area (TPSA) is 89.4 Å². The Balaban J connectivity index is 1.09. The van der Waals surface area contributed by atoms with Crippen molar-refractivity contribution in [1.82, 2.24) is 5.32 Å². The van der Waals surface area contributed by atoms with E-state index in [4.69, 9.17) is 24.1 Å². The molecule has 0 radical (unpaired) electrons. The fourth-order valence-electron chi connectivity index (χ4n) is 5.41. The van der Waals surface area contributed by atoms with E-state index in [1.54, 1.807) is 0 Å². The summed E-state index contributed by atoms with van der Waals surface area (Å²) in [6.07, 6.45) is 1.10. The van der Waals surface area contributed by atoms with E-state index in [9.17, 15) is 5.11 Å². The first kappa shape index (κ1) is 31.1. The summed E-state index contributed by atoms with van der Waals surface area (Å²) >= 11 is 0. The van der Waals surface area contributed by atoms with Gasteiger partial charge in [0.15, 0.2) is 0 Å². The quantitative estimate of drug-likeness (QED) is 0.153. The number of fused-ring (bicyclic) bond motifs is 1. The SMILES string of the molecule is OC[C@H](O)COCc1ccc2ccc(CO[C@H]3CNCC[C@H]3c3ccc(OCCCOCc4ccccc4)cc3)cc2c1. The minimum atomic E-state index is -0.852. The van der Waals surface area contributed by atoms with E-state index in [1.165, 1.54) is 11.1 Å². The van der Waals surface area contributed by atoms with Gasteiger partial charge < -0.3 is 34.5 Å². The van der Waals surface area contributed by atoms with Crippen LogP contribution in [0.15, 0.2) is 91.0 Å². The predicted molar refractivity (Wildman–Crippen MR) is 168 cm³/mol. The molecule has 1 saturated heterocycles. The second-order valence-electron chi connectivity index (χ2n) is 11.1. The number of piperidine rings is 1. The molecule has 1 fully saturated rings. The lowest BCUT2D eigenvalue weighted by molar-refractivity contribution is 0.0000489. The maximum Gasteiger partial charge on any atom is 0.119 e. The lowest BCUT2D eigenvalue weighted by Gasteiger charge is -2.32. The summed E-state index contributed by atoms with van der Waals surface area (Å²) < 4.78 is 23.7. The summed E-state index contributed by atoms with van der Waals surface area (Å²) in [5, 5.41) is 24.2. The van der Waals surface area contributed by atoms with Crippen molar-refractivity contribution in [2.75, 3.05) is 39.5 Å². The molecule has 4 aromatic rings. The van der Waals surface area contributed by atoms with Crippen molar-refractivity contribution in [2.24, 2.45) is 0 Å². The first-order chi connectivity index (χ1) is 21.2. The molecule has 1 aliphatic heterocycles. The second-order valence-corrected chi connectivity index (χ2v) is 11.1. The first-order valence-corrected chi connectivity index (χ1v) is 15.2. The van der Waals surface area contributed by atoms with Crippen LogP contribution >= 0.6 is 0 Å². The van der Waals surface area contributed by atoms with E-state index < -0.39 is 6.10 Å². The van der Waals surface area contributed by atoms with Gasteiger partial charge in [-0.05, 0) is 70.3 Å². The molecule has 0 aromatic heterocycles. The molecule has 228 valence electrons. The summed E-state index contributed by atoms with van der Waals surface area (Å²) in [7, 11) is 0. The summed E-state index contributed by atoms with van der Waals surface area (Å²) in [6, 6.07) is 31.3. The van der Waals surface area contributed by atoms with E-state index in [1.807, 2.05) is 24.3 Å². The fourth-order valence-corrected chi connectivity index (χ4v) is 5.41. The molecule has 1 heterocycles. The number of hydrogen-bond donors (Lipinski definition) is 3. The van der Waals surface area contributed by atoms with Crippen LogP contribution in [0.1, 0.15) is 41.0 Å². The largest absolute Gasteiger partial charge is 0.494 e. The monoisotopic (exact) mass is 585 g/mol. The Morgan fingerprint density at radius 1 is 0.767 bits per heavy atom. The van der Waals surface area contributed by atoms with Gasteiger partial charge in [0.25, 0.3) is 0 Å². The molecule has 0 spiro atoms. The summed E-state index contributed by atoms with van der Waals surface area (Å²) in [5.74, 6) is 1.20. The van der Waals surface area contributed by atoms with Gasteiger partial charge in [-0.2, -0.15) is 0 Å². The molecule has 0 amide bonds. The molecular weight excluding hydrogens is 542 g/mol. The molecule has 3 atom stereocenters. The third-order valence-electron chi connectivity index (χ3n) is 7.77. The average Bonchev–Trinajstić information content (AvgIpc) is 3.06. The Morgan fingerprint density at radius 3 is 2.28 bits per heavy atom. The lowest BCUT2D eigenvalue weighted by Crippen LogP contribution is -2.40. The molecular formula is C36H43NO6. The van der Waals surface area contributed by atoms with Crippen LogP contribution < -0.4 is 10.1 Å². The second kappa shape index (κ2) is 16.5. The number of aliphatic hydroxyl groups excluding tert-OH is 2. The van der Waals surface area contributed by atoms with Crippen molar-refractivity contribution in [3.63, 3.8) is 0 Å². The number of nitrogens with one attached hydrogen (secondary N) is 1. The Kier molecular flexibility index (Phi) is 12.0. The highest BCUT2D eigenvalue weighted by Gasteiger charge is 2.27. The van der Waals surface area contributed by atoms with E-state index in [0.29, 0.717) is 39.0 Å². The number of rotatable bonds is 16. The van der Waals surface area contributed by atoms with Crippen molar-refractivity contribution < 1.29 is 29.2 Å². The molecule has 7 heteroatoms. The summed E-state index contributed by atoms with van der Waals surface area (Å²) in [6.45, 7) is 4.45. The third-order valence-corrected chi connectivity index (χ3v) is 7.77. The fraction of sp³-hybridized carbons (Fsp3) is 0.389. The van der Waals surface area contributed by atoms with Crippen molar-refractivity contribution in [3.8, 4) is 5.75 Å². The number of benzene rings is 4. The minimum absolute atomic E-state index is 0.0793. The zero-order chi connectivity index (χ0) is 29.7. The molecule has 43 heavy (non-hydrogen) atoms. The summed E-state index contributed by atoms with van der Waals surface area (Å²) in [5.41, 5.74) is 4.61. The van der Waals surface area contributed by atoms with Crippen LogP contribution in [0.2, 0.25) is 0 Å². The molecule has 5 rings (SSSR count). The summed E-state index contributed by atoms with van der Waals surface area (Å²) in [4.78, 5) is 0. The number of aliphatic hydroxyl groups is 2. The maximum atomic E-state index is 9.49. The molecule has 0 aliphatic carbocycles. The molecule has 3 N–H and O–H groups in total. The third kappa shape index (κ3) is 9.60. The average molecular weight is 586 g/mol. The van der Waals surface area contributed by atoms with Crippen LogP contribution in [-0.2, 0) is 34.0 Å². The van der Waals surface area contributed by atoms with Crippen molar-refractivity contribution >= 4 is 10.8 Å². The molecule has 0 saturated carbocycles. The van der Waals surface area contributed by atoms with Gasteiger partial charge in [-0.3, -0.25) is 0 Å². The van der Waals surface area contributed by atoms with E-state index in [0.717, 1.165) is 53.6 Å². The van der Waals surface area contributed by atoms with Gasteiger partial charge in [0.2, 0.25) is 0 Å². The Hall–Kier alpha value is -3.30. The van der Waals surface area contributed by atoms with E-state index in [-0.39, 0.29) is 19.3 Å². The zero-order valence-electron chi connectivity index (χ0n) is 24.7. The molecule has 0 unspecified atom stereocenters. The molecule has 1 aliphatic rings. The van der Waals surface area contributed by atoms with Crippen LogP contribution in [0.3, 0.4) is 0 Å². The van der Waals surface area contributed by atoms with Crippen LogP contribution in [-0.4, -0.2) is 61.9 Å². The van der Waals surface area contributed by atoms with Gasteiger partial charge in [-0.1, -0.05) is 66.7 Å². The highest BCUT2D eigenvalue weighted by molar-refractivity contribution is 5.83. The maximum absolute atomic E-state index is 9.49. The van der Waals surface area contributed by atoms with Gasteiger partial charge in [0.05, 0.1) is 52.4 Å². The van der Waals surface area contributed by atoms with Gasteiger partial charge in [0.1, 0.15) is 11.9 Å². The van der Waals surface area contributed by atoms with Crippen LogP contribution in [0.4, 0.5) is 0 Å². The number of hydrogen-bond acceptors (Lipinski definition) is 7. The Bertz CT molecular complexity index is 1380. The lowest BCUT2D eigenvalue weighted by atomic mass is 9.87. The minimum Gasteiger partial charge on any atom is -0.494 e. The highest BCUT2D eigenvalue weighted by atomic mass is 16.5. The van der Waals surface area contributed by atoms with Crippen LogP contribution in [0.5, 0.6) is 5.75 Å². The smallest absolute Gasteiger partial charge is 0.119 e. The van der Waals surface area contributed by atoms with Gasteiger partial charge in [0, 0.05) is 18.9 Å². The van der Waals surface area contributed by atoms with E-state index >= 15 is 0 Å². The Labute approximate surface area is 254 Å². The van der Waals surface area contributed by atoms with Gasteiger partial charge in [-0.25, -0.2) is 0 Å². The van der Waals surface area contributed by atoms with Gasteiger partial charge in [-0.15, -0.1) is 0 Å². The van der Waals surface area contributed by atoms with Crippen LogP contribution in [0.25, 0.3) is 10.8 Å². The van der Waals surface area contributed by atoms with Crippen molar-refractivity contribution in [2.45, 2.75) is 50.8 Å².